The molecule has 6 saturated heterocycles. The minimum atomic E-state index is -2.40. The van der Waals surface area contributed by atoms with Crippen LogP contribution in [0.3, 0.4) is 0 Å². The van der Waals surface area contributed by atoms with Crippen LogP contribution in [0.25, 0.3) is 0 Å². The maximum Gasteiger partial charge on any atom is 0.351 e. The fraction of sp³-hybridized carbons (Fsp3) is 0.630. The topological polar surface area (TPSA) is 1010 Å². The Morgan fingerprint density at radius 3 is 0.791 bits per heavy atom. The number of nitrogens with one attached hydrogen (secondary N) is 6. The Bertz CT molecular complexity index is 6040. The lowest BCUT2D eigenvalue weighted by molar-refractivity contribution is -0.153. The monoisotopic (exact) mass is 2140 g/mol. The number of thioether (sulfide) groups is 1. The number of hydrogen-bond donors (Lipinski definition) is 30. The number of carbonyl (C=O) groups excluding carboxylic acids is 6. The summed E-state index contributed by atoms with van der Waals surface area (Å²) < 4.78 is 114. The number of carbonyl (C=O) groups is 6. The third-order valence-electron chi connectivity index (χ3n) is 21.7. The SMILES string of the molecule is [2H][C@@]1(n2ccc(NO)nc2=O)O[C@H](COC(=O)CN)[C@@H](O)[C@H]1O.[2H][C@@]1(n2ccc(NO)nc2=O)O[C@H](COC(=O)[C@@H](N)C(C)C)[C@@H](O)[C@H]1O.[2H][C@@]1(n2ccc(NO)nc2=O)O[C@H](COC(=O)[C@@H](N)CC(C)C)[C@@H](O)[C@H]1O.[2H][C@@]1(n2ccc(NO)nc2=O)O[C@H](COC(=O)[C@@H](N)CCSC)[C@@H](O)[C@H]1O.[2H][C@@]1(n2ccc(NO)nc2=O)O[C@H](COC(=O)[C@@H](N)[C@@H](C)CC)[C@@H](O)[C@H]1O.[2H][C@@]1(n2ccc(NO)nc2=O)O[C@H](COC(=O)[C@H](C)N)[C@@H](O)[C@H]1O. The van der Waals surface area contributed by atoms with Crippen molar-refractivity contribution in [1.82, 2.24) is 57.3 Å². The number of aromatic nitrogens is 12. The molecule has 67 heteroatoms. The van der Waals surface area contributed by atoms with Crippen molar-refractivity contribution >= 4 is 82.5 Å². The third kappa shape index (κ3) is 33.0. The lowest BCUT2D eigenvalue weighted by Gasteiger charge is -2.19. The fourth-order valence-corrected chi connectivity index (χ4v) is 13.5. The van der Waals surface area contributed by atoms with E-state index in [1.807, 2.05) is 27.0 Å². The molecule has 0 unspecified atom stereocenters. The van der Waals surface area contributed by atoms with Gasteiger partial charge < -0.3 is 153 Å². The molecule has 6 fully saturated rings. The van der Waals surface area contributed by atoms with Gasteiger partial charge in [0.2, 0.25) is 0 Å². The van der Waals surface area contributed by atoms with Crippen LogP contribution in [-0.4, -0.2) is 384 Å². The molecule has 6 aliphatic rings. The summed E-state index contributed by atoms with van der Waals surface area (Å²) in [5, 5.41) is 174. The highest BCUT2D eigenvalue weighted by Crippen LogP contribution is 2.36. The molecular formula is C81H126N24O42S. The summed E-state index contributed by atoms with van der Waals surface area (Å²) in [5.41, 5.74) is 37.2. The molecule has 0 amide bonds. The van der Waals surface area contributed by atoms with Gasteiger partial charge in [-0.2, -0.15) is 41.7 Å². The van der Waals surface area contributed by atoms with Gasteiger partial charge in [0.1, 0.15) is 180 Å². The highest BCUT2D eigenvalue weighted by Gasteiger charge is 2.51. The Morgan fingerprint density at radius 2 is 0.588 bits per heavy atom. The number of rotatable bonds is 38. The van der Waals surface area contributed by atoms with E-state index < -0.39 is 287 Å². The second-order valence-electron chi connectivity index (χ2n) is 33.2. The van der Waals surface area contributed by atoms with E-state index in [1.165, 1.54) is 30.8 Å². The molecule has 0 radical (unpaired) electrons. The van der Waals surface area contributed by atoms with Crippen molar-refractivity contribution in [2.75, 3.05) is 91.1 Å². The van der Waals surface area contributed by atoms with E-state index >= 15 is 0 Å². The Labute approximate surface area is 848 Å². The largest absolute Gasteiger partial charge is 0.462 e. The zero-order valence-corrected chi connectivity index (χ0v) is 80.6. The predicted octanol–water partition coefficient (Wildman–Crippen LogP) is -11.6. The number of hydrogen-bond acceptors (Lipinski definition) is 61. The predicted molar refractivity (Wildman–Crippen MR) is 496 cm³/mol. The standard InChI is InChI=1S/2C15H24N4O7.C14H22N4O7S.C14H22N4O7.C12H18N4O7.C11H16N4O7/c1-7(2)5-8(16)14(22)25-6-9-11(20)12(21)13(26-9)19-4-3-10(18-24)17-15(19)23;1-3-7(2)10(16)14(22)25-6-8-11(20)12(21)13(26-8)19-5-4-9(18-24)17-15(19)23;1-26-5-3-7(15)13(21)24-6-8-10(19)11(20)12(25-8)18-4-2-9(17-23)16-14(18)22;1-6(2)9(15)13(21)24-5-7-10(19)11(20)12(25-7)18-4-3-8(17-23)16-14(18)22;1-5(13)11(19)22-4-6-8(17)9(18)10(23-6)16-3-2-7(15-21)14-12(16)20;12-3-7(16)21-4-5-8(17)9(18)10(22-5)15-2-1-6(14-20)13-11(15)19/h3-4,7-9,11-13,20-21,24H,5-6,16H2,1-2H3,(H,17,18,23);4-5,7-8,10-13,20-21,24H,3,6,16H2,1-2H3,(H,17,18,23);2,4,7-8,10-12,19-20,23H,3,5-6,15H2,1H3,(H,16,17,22);3-4,6-7,9-12,19-20,23H,5,15H2,1-2H3,(H,16,17,22);2-3,5-6,8-10,17-18,21H,4,13H2,1H3,(H,14,15,20);1-2,5,8-10,17-18,20H,3-4,12H2,(H,13,14,19)/t8-,9+,11+,12+,13+;7-,8+,10-,11+,12+,13+;7-,8+,10+,11+,12+;7-,9+,10-,11-,12-;5-,6+,8+,9+,10+;5-,8-,9-,10-/m000101/s1/i2*13D;2*12D;2*10D. The maximum absolute atomic E-state index is 12.0. The molecule has 6 aliphatic heterocycles. The summed E-state index contributed by atoms with van der Waals surface area (Å²) in [7, 11) is 0. The van der Waals surface area contributed by atoms with Crippen LogP contribution < -0.4 is 101 Å². The number of nitrogens with two attached hydrogens (primary N) is 6. The molecule has 0 spiro atoms. The highest BCUT2D eigenvalue weighted by atomic mass is 32.2. The maximum atomic E-state index is 12.0. The van der Waals surface area contributed by atoms with Gasteiger partial charge in [0.25, 0.3) is 0 Å². The van der Waals surface area contributed by atoms with Gasteiger partial charge in [0.05, 0.1) is 14.8 Å². The Hall–Kier alpha value is -11.9. The summed E-state index contributed by atoms with van der Waals surface area (Å²) in [6.07, 6.45) is -32.6. The number of anilines is 6. The van der Waals surface area contributed by atoms with Crippen LogP contribution in [0.1, 0.15) is 113 Å². The van der Waals surface area contributed by atoms with Gasteiger partial charge >= 0.3 is 70.0 Å². The quantitative estimate of drug-likeness (QED) is 0.00972. The molecule has 6 aromatic heterocycles. The van der Waals surface area contributed by atoms with Crippen molar-refractivity contribution in [1.29, 1.82) is 0 Å². The van der Waals surface area contributed by atoms with Crippen LogP contribution in [0.4, 0.5) is 34.9 Å². The minimum absolute atomic E-state index is 0.115. The third-order valence-corrected chi connectivity index (χ3v) is 22.3. The molecule has 12 heterocycles. The Morgan fingerprint density at radius 1 is 0.365 bits per heavy atom. The van der Waals surface area contributed by atoms with Crippen molar-refractivity contribution in [2.45, 2.75) is 245 Å². The summed E-state index contributed by atoms with van der Waals surface area (Å²) >= 11 is 1.52. The van der Waals surface area contributed by atoms with E-state index in [9.17, 15) is 119 Å². The van der Waals surface area contributed by atoms with E-state index in [4.69, 9.17) is 131 Å². The van der Waals surface area contributed by atoms with Crippen LogP contribution in [-0.2, 0) is 85.6 Å². The number of esters is 6. The van der Waals surface area contributed by atoms with E-state index in [0.717, 1.165) is 61.4 Å². The zero-order chi connectivity index (χ0) is 116. The van der Waals surface area contributed by atoms with Crippen LogP contribution >= 0.6 is 11.8 Å². The second-order valence-corrected chi connectivity index (χ2v) is 34.2. The molecule has 828 valence electrons. The number of aliphatic hydroxyl groups is 12. The molecule has 148 heavy (non-hydrogen) atoms. The van der Waals surface area contributed by atoms with Crippen molar-refractivity contribution in [3.63, 3.8) is 0 Å². The smallest absolute Gasteiger partial charge is 0.351 e. The van der Waals surface area contributed by atoms with Gasteiger partial charge in [-0.25, -0.2) is 28.8 Å². The highest BCUT2D eigenvalue weighted by molar-refractivity contribution is 7.98. The molecule has 66 nitrogen and oxygen atoms in total. The van der Waals surface area contributed by atoms with Crippen LogP contribution in [0.5, 0.6) is 0 Å². The lowest BCUT2D eigenvalue weighted by Crippen LogP contribution is -2.41. The van der Waals surface area contributed by atoms with Crippen LogP contribution in [0, 0.1) is 17.8 Å². The molecule has 36 N–H and O–H groups in total. The van der Waals surface area contributed by atoms with E-state index in [2.05, 4.69) is 29.9 Å². The molecular weight excluding hydrogens is 2010 g/mol. The molecule has 30 atom stereocenters. The minimum Gasteiger partial charge on any atom is -0.462 e. The normalized spacial score (nSPS) is 30.9. The van der Waals surface area contributed by atoms with Gasteiger partial charge in [-0.1, -0.05) is 48.0 Å². The lowest BCUT2D eigenvalue weighted by atomic mass is 10.0. The number of aliphatic hydroxyl groups excluding tert-OH is 12. The average molecular weight is 2150 g/mol. The van der Waals surface area contributed by atoms with Gasteiger partial charge in [-0.15, -0.1) is 0 Å². The van der Waals surface area contributed by atoms with Gasteiger partial charge in [-0.05, 0) is 85.9 Å². The first-order valence-corrected chi connectivity index (χ1v) is 45.7. The Kier molecular flexibility index (Phi) is 44.6. The summed E-state index contributed by atoms with van der Waals surface area (Å²) in [5.74, 6) is -4.77. The van der Waals surface area contributed by atoms with Crippen molar-refractivity contribution in [3.8, 4) is 0 Å². The molecule has 0 aliphatic carbocycles. The van der Waals surface area contributed by atoms with Crippen molar-refractivity contribution < 1.29 is 186 Å². The van der Waals surface area contributed by atoms with Crippen LogP contribution in [0.2, 0.25) is 0 Å². The zero-order valence-electron chi connectivity index (χ0n) is 85.8. The average Bonchev–Trinajstić information content (AvgIpc) is 1.63. The number of nitrogens with zero attached hydrogens (tertiary/aromatic N) is 12. The van der Waals surface area contributed by atoms with E-state index in [0.29, 0.717) is 52.4 Å². The van der Waals surface area contributed by atoms with Gasteiger partial charge in [0.15, 0.2) is 72.1 Å². The molecule has 0 aromatic carbocycles. The van der Waals surface area contributed by atoms with Crippen molar-refractivity contribution in [2.24, 2.45) is 52.2 Å². The first-order chi connectivity index (χ1) is 72.1. The number of ether oxygens (including phenoxy) is 12. The van der Waals surface area contributed by atoms with Gasteiger partial charge in [-0.3, -0.25) is 120 Å². The Balaban J connectivity index is 0.000000250. The molecule has 12 rings (SSSR count). The molecule has 6 aromatic rings. The summed E-state index contributed by atoms with van der Waals surface area (Å²) in [6.45, 7) is 9.19. The van der Waals surface area contributed by atoms with Gasteiger partial charge in [0, 0.05) is 37.2 Å². The van der Waals surface area contributed by atoms with E-state index in [1.54, 1.807) is 53.7 Å². The van der Waals surface area contributed by atoms with E-state index in [-0.39, 0.29) is 59.2 Å². The summed E-state index contributed by atoms with van der Waals surface area (Å²) in [4.78, 5) is 162. The second kappa shape index (κ2) is 58.3. The first kappa shape index (κ1) is 113. The fourth-order valence-electron chi connectivity index (χ4n) is 13.0. The van der Waals surface area contributed by atoms with Crippen molar-refractivity contribution in [3.05, 3.63) is 136 Å². The summed E-state index contributed by atoms with van der Waals surface area (Å²) in [6, 6.07) is 2.66. The molecule has 0 bridgehead atoms. The van der Waals surface area contributed by atoms with Crippen LogP contribution in [0.15, 0.2) is 102 Å². The first-order valence-electron chi connectivity index (χ1n) is 47.4. The molecule has 0 saturated carbocycles.